The van der Waals surface area contributed by atoms with Crippen LogP contribution < -0.4 is 5.32 Å². The topological polar surface area (TPSA) is 74.7 Å². The van der Waals surface area contributed by atoms with Gasteiger partial charge in [0.1, 0.15) is 0 Å². The molecule has 0 saturated heterocycles. The molecule has 17 heavy (non-hydrogen) atoms. The number of benzene rings is 1. The van der Waals surface area contributed by atoms with Crippen molar-refractivity contribution in [1.29, 1.82) is 5.26 Å². The van der Waals surface area contributed by atoms with Crippen LogP contribution in [0.5, 0.6) is 0 Å². The highest BCUT2D eigenvalue weighted by Gasteiger charge is 2.11. The van der Waals surface area contributed by atoms with Gasteiger partial charge in [0.05, 0.1) is 19.0 Å². The lowest BCUT2D eigenvalue weighted by Gasteiger charge is -2.14. The molecule has 0 saturated carbocycles. The van der Waals surface area contributed by atoms with Gasteiger partial charge in [-0.2, -0.15) is 10.2 Å². The van der Waals surface area contributed by atoms with Crippen molar-refractivity contribution >= 4 is 0 Å². The molecule has 1 N–H and O–H groups in total. The number of nitrogens with one attached hydrogen (secondary N) is 1. The van der Waals surface area contributed by atoms with E-state index < -0.39 is 0 Å². The van der Waals surface area contributed by atoms with Crippen molar-refractivity contribution < 1.29 is 4.52 Å². The Labute approximate surface area is 99.1 Å². The Balaban J connectivity index is 2.01. The summed E-state index contributed by atoms with van der Waals surface area (Å²) in [5.41, 5.74) is 1.08. The van der Waals surface area contributed by atoms with Crippen LogP contribution in [0.2, 0.25) is 0 Å². The zero-order valence-corrected chi connectivity index (χ0v) is 9.21. The molecule has 2 rings (SSSR count). The maximum atomic E-state index is 8.82. The third kappa shape index (κ3) is 3.13. The number of hydrogen-bond donors (Lipinski definition) is 1. The SMILES string of the molecule is N#CCC(NCc1ncon1)c1ccccc1. The highest BCUT2D eigenvalue weighted by Crippen LogP contribution is 2.16. The Morgan fingerprint density at radius 2 is 2.18 bits per heavy atom. The second-order valence-corrected chi connectivity index (χ2v) is 3.55. The van der Waals surface area contributed by atoms with Crippen molar-refractivity contribution in [3.05, 3.63) is 48.1 Å². The largest absolute Gasteiger partial charge is 0.343 e. The van der Waals surface area contributed by atoms with Crippen LogP contribution in [0.1, 0.15) is 23.9 Å². The molecule has 0 amide bonds. The Morgan fingerprint density at radius 1 is 1.35 bits per heavy atom. The van der Waals surface area contributed by atoms with Gasteiger partial charge in [-0.15, -0.1) is 0 Å². The first-order valence-corrected chi connectivity index (χ1v) is 5.30. The van der Waals surface area contributed by atoms with Crippen LogP contribution in [-0.4, -0.2) is 10.1 Å². The fraction of sp³-hybridized carbons (Fsp3) is 0.250. The van der Waals surface area contributed by atoms with E-state index in [2.05, 4.69) is 26.0 Å². The molecule has 0 aliphatic rings. The van der Waals surface area contributed by atoms with Crippen molar-refractivity contribution in [2.75, 3.05) is 0 Å². The first-order valence-electron chi connectivity index (χ1n) is 5.30. The third-order valence-corrected chi connectivity index (χ3v) is 2.41. The van der Waals surface area contributed by atoms with E-state index in [1.807, 2.05) is 30.3 Å². The van der Waals surface area contributed by atoms with Crippen LogP contribution in [0, 0.1) is 11.3 Å². The minimum absolute atomic E-state index is 0.0142. The molecule has 0 bridgehead atoms. The number of hydrogen-bond acceptors (Lipinski definition) is 5. The molecule has 5 heteroatoms. The number of rotatable bonds is 5. The predicted molar refractivity (Wildman–Crippen MR) is 60.6 cm³/mol. The maximum absolute atomic E-state index is 8.82. The van der Waals surface area contributed by atoms with Crippen molar-refractivity contribution in [2.45, 2.75) is 19.0 Å². The quantitative estimate of drug-likeness (QED) is 0.844. The molecule has 1 aromatic carbocycles. The first-order chi connectivity index (χ1) is 8.40. The van der Waals surface area contributed by atoms with Gasteiger partial charge >= 0.3 is 0 Å². The number of aromatic nitrogens is 2. The van der Waals surface area contributed by atoms with E-state index in [4.69, 9.17) is 5.26 Å². The maximum Gasteiger partial charge on any atom is 0.213 e. The number of nitrogens with zero attached hydrogens (tertiary/aromatic N) is 3. The highest BCUT2D eigenvalue weighted by atomic mass is 16.5. The van der Waals surface area contributed by atoms with Crippen LogP contribution in [0.25, 0.3) is 0 Å². The van der Waals surface area contributed by atoms with Crippen LogP contribution in [0.3, 0.4) is 0 Å². The Morgan fingerprint density at radius 3 is 2.82 bits per heavy atom. The lowest BCUT2D eigenvalue weighted by molar-refractivity contribution is 0.404. The smallest absolute Gasteiger partial charge is 0.213 e. The average Bonchev–Trinajstić information content (AvgIpc) is 2.88. The minimum atomic E-state index is -0.0142. The van der Waals surface area contributed by atoms with Gasteiger partial charge in [-0.3, -0.25) is 0 Å². The van der Waals surface area contributed by atoms with E-state index in [0.717, 1.165) is 5.56 Å². The summed E-state index contributed by atoms with van der Waals surface area (Å²) in [7, 11) is 0. The van der Waals surface area contributed by atoms with Crippen molar-refractivity contribution in [2.24, 2.45) is 0 Å². The molecule has 0 radical (unpaired) electrons. The summed E-state index contributed by atoms with van der Waals surface area (Å²) in [4.78, 5) is 3.92. The summed E-state index contributed by atoms with van der Waals surface area (Å²) >= 11 is 0. The fourth-order valence-electron chi connectivity index (χ4n) is 1.57. The molecule has 1 atom stereocenters. The van der Waals surface area contributed by atoms with Crippen LogP contribution >= 0.6 is 0 Å². The summed E-state index contributed by atoms with van der Waals surface area (Å²) in [6.45, 7) is 0.484. The van der Waals surface area contributed by atoms with Gasteiger partial charge in [0.25, 0.3) is 0 Å². The number of nitriles is 1. The molecule has 2 aromatic rings. The van der Waals surface area contributed by atoms with E-state index >= 15 is 0 Å². The molecule has 1 heterocycles. The van der Waals surface area contributed by atoms with Crippen molar-refractivity contribution in [1.82, 2.24) is 15.5 Å². The Hall–Kier alpha value is -2.19. The molecule has 0 spiro atoms. The summed E-state index contributed by atoms with van der Waals surface area (Å²) in [6, 6.07) is 12.0. The van der Waals surface area contributed by atoms with Crippen LogP contribution in [0.15, 0.2) is 41.2 Å². The molecule has 1 unspecified atom stereocenters. The van der Waals surface area contributed by atoms with Gasteiger partial charge in [0.15, 0.2) is 5.82 Å². The van der Waals surface area contributed by atoms with Gasteiger partial charge in [0.2, 0.25) is 6.39 Å². The van der Waals surface area contributed by atoms with E-state index in [1.165, 1.54) is 6.39 Å². The van der Waals surface area contributed by atoms with Crippen LogP contribution in [0.4, 0.5) is 0 Å². The third-order valence-electron chi connectivity index (χ3n) is 2.41. The zero-order chi connectivity index (χ0) is 11.9. The van der Waals surface area contributed by atoms with Gasteiger partial charge in [-0.1, -0.05) is 35.5 Å². The zero-order valence-electron chi connectivity index (χ0n) is 9.21. The van der Waals surface area contributed by atoms with Crippen molar-refractivity contribution in [3.8, 4) is 6.07 Å². The van der Waals surface area contributed by atoms with Gasteiger partial charge in [-0.05, 0) is 5.56 Å². The Bertz CT molecular complexity index is 475. The normalized spacial score (nSPS) is 11.9. The standard InChI is InChI=1S/C12H12N4O/c13-7-6-11(10-4-2-1-3-5-10)14-8-12-15-9-17-16-12/h1-5,9,11,14H,6,8H2. The molecule has 5 nitrogen and oxygen atoms in total. The fourth-order valence-corrected chi connectivity index (χ4v) is 1.57. The van der Waals surface area contributed by atoms with Crippen molar-refractivity contribution in [3.63, 3.8) is 0 Å². The van der Waals surface area contributed by atoms with Gasteiger partial charge in [-0.25, -0.2) is 0 Å². The molecule has 0 aliphatic carbocycles. The summed E-state index contributed by atoms with van der Waals surface area (Å²) in [5.74, 6) is 0.587. The minimum Gasteiger partial charge on any atom is -0.343 e. The van der Waals surface area contributed by atoms with E-state index in [1.54, 1.807) is 0 Å². The molecule has 0 fully saturated rings. The second-order valence-electron chi connectivity index (χ2n) is 3.55. The molecular weight excluding hydrogens is 216 g/mol. The van der Waals surface area contributed by atoms with Gasteiger partial charge in [0, 0.05) is 6.04 Å². The Kier molecular flexibility index (Phi) is 3.84. The highest BCUT2D eigenvalue weighted by molar-refractivity contribution is 5.19. The molecule has 1 aromatic heterocycles. The van der Waals surface area contributed by atoms with E-state index in [9.17, 15) is 0 Å². The molecule has 86 valence electrons. The first kappa shape index (κ1) is 11.3. The van der Waals surface area contributed by atoms with Gasteiger partial charge < -0.3 is 9.84 Å². The lowest BCUT2D eigenvalue weighted by Crippen LogP contribution is -2.21. The monoisotopic (exact) mass is 228 g/mol. The second kappa shape index (κ2) is 5.77. The summed E-state index contributed by atoms with van der Waals surface area (Å²) < 4.78 is 4.65. The molecular formula is C12H12N4O. The summed E-state index contributed by atoms with van der Waals surface area (Å²) in [5, 5.41) is 15.8. The summed E-state index contributed by atoms with van der Waals surface area (Å²) in [6.07, 6.45) is 1.70. The van der Waals surface area contributed by atoms with E-state index in [0.29, 0.717) is 18.8 Å². The van der Waals surface area contributed by atoms with Crippen LogP contribution in [-0.2, 0) is 6.54 Å². The lowest BCUT2D eigenvalue weighted by atomic mass is 10.0. The predicted octanol–water partition coefficient (Wildman–Crippen LogP) is 1.81. The van der Waals surface area contributed by atoms with E-state index in [-0.39, 0.29) is 6.04 Å². The molecule has 0 aliphatic heterocycles. The average molecular weight is 228 g/mol.